The molecule has 4 aliphatic heterocycles. The summed E-state index contributed by atoms with van der Waals surface area (Å²) < 4.78 is 5.38. The maximum atomic E-state index is 12.8. The topological polar surface area (TPSA) is 70.2 Å². The molecule has 4 aliphatic rings. The van der Waals surface area contributed by atoms with Crippen LogP contribution in [0.25, 0.3) is 16.5 Å². The van der Waals surface area contributed by atoms with Gasteiger partial charge in [0.1, 0.15) is 0 Å². The Morgan fingerprint density at radius 1 is 1.31 bits per heavy atom. The third-order valence-corrected chi connectivity index (χ3v) is 6.08. The monoisotopic (exact) mass is 352 g/mol. The summed E-state index contributed by atoms with van der Waals surface area (Å²) in [5, 5.41) is 11.5. The fourth-order valence-electron chi connectivity index (χ4n) is 4.55. The second-order valence-electron chi connectivity index (χ2n) is 7.60. The molecule has 0 unspecified atom stereocenters. The summed E-state index contributed by atoms with van der Waals surface area (Å²) in [6.07, 6.45) is 5.43. The average Bonchev–Trinajstić information content (AvgIpc) is 3.13. The van der Waals surface area contributed by atoms with E-state index >= 15 is 0 Å². The van der Waals surface area contributed by atoms with Crippen molar-refractivity contribution in [1.29, 1.82) is 0 Å². The molecule has 3 saturated heterocycles. The minimum absolute atomic E-state index is 0.0620. The quantitative estimate of drug-likeness (QED) is 0.888. The molecule has 3 fully saturated rings. The number of nitrogens with one attached hydrogen (secondary N) is 2. The average molecular weight is 352 g/mol. The molecular formula is C20H24N4O2. The minimum atomic E-state index is -0.0620. The Morgan fingerprint density at radius 3 is 2.92 bits per heavy atom. The summed E-state index contributed by atoms with van der Waals surface area (Å²) in [6, 6.07) is 6.43. The Bertz CT molecular complexity index is 864. The number of fused-ring (bicyclic) bond motifs is 4. The van der Waals surface area contributed by atoms with Gasteiger partial charge >= 0.3 is 0 Å². The van der Waals surface area contributed by atoms with Gasteiger partial charge in [0.05, 0.1) is 18.7 Å². The zero-order valence-electron chi connectivity index (χ0n) is 14.8. The van der Waals surface area contributed by atoms with Crippen LogP contribution in [-0.4, -0.2) is 59.9 Å². The number of amides is 1. The Balaban J connectivity index is 1.37. The number of benzene rings is 1. The van der Waals surface area contributed by atoms with Crippen LogP contribution in [0.4, 0.5) is 0 Å². The molecule has 2 aromatic rings. The zero-order chi connectivity index (χ0) is 17.5. The van der Waals surface area contributed by atoms with Gasteiger partial charge in [0.25, 0.3) is 5.91 Å². The predicted molar refractivity (Wildman–Crippen MR) is 99.9 cm³/mol. The van der Waals surface area contributed by atoms with E-state index in [0.29, 0.717) is 18.2 Å². The number of aromatic nitrogens is 2. The maximum absolute atomic E-state index is 12.8. The van der Waals surface area contributed by atoms with Crippen molar-refractivity contribution >= 4 is 22.4 Å². The van der Waals surface area contributed by atoms with Gasteiger partial charge in [-0.05, 0) is 61.5 Å². The largest absolute Gasteiger partial charge is 0.377 e. The number of piperidine rings is 3. The molecule has 1 amide bonds. The molecule has 0 radical (unpaired) electrons. The van der Waals surface area contributed by atoms with E-state index in [9.17, 15) is 4.79 Å². The van der Waals surface area contributed by atoms with Crippen molar-refractivity contribution in [2.75, 3.05) is 32.8 Å². The number of hydrogen-bond donors (Lipinski definition) is 2. The fraction of sp³-hybridized carbons (Fsp3) is 0.500. The zero-order valence-corrected chi connectivity index (χ0v) is 14.8. The first kappa shape index (κ1) is 16.0. The van der Waals surface area contributed by atoms with Crippen molar-refractivity contribution in [2.45, 2.75) is 25.3 Å². The molecule has 136 valence electrons. The fourth-order valence-corrected chi connectivity index (χ4v) is 4.55. The molecule has 0 aliphatic carbocycles. The van der Waals surface area contributed by atoms with E-state index in [0.717, 1.165) is 30.5 Å². The second-order valence-corrected chi connectivity index (χ2v) is 7.60. The van der Waals surface area contributed by atoms with Gasteiger partial charge in [-0.1, -0.05) is 12.1 Å². The van der Waals surface area contributed by atoms with Crippen LogP contribution in [0.5, 0.6) is 0 Å². The smallest absolute Gasteiger partial charge is 0.272 e. The number of ether oxygens (including phenoxy) is 1. The van der Waals surface area contributed by atoms with Crippen LogP contribution in [0.1, 0.15) is 35.3 Å². The Hall–Kier alpha value is -2.18. The van der Waals surface area contributed by atoms with Crippen molar-refractivity contribution < 1.29 is 9.53 Å². The van der Waals surface area contributed by atoms with E-state index in [4.69, 9.17) is 4.74 Å². The molecular weight excluding hydrogens is 328 g/mol. The Labute approximate surface area is 152 Å². The van der Waals surface area contributed by atoms with Gasteiger partial charge in [0.15, 0.2) is 5.69 Å². The van der Waals surface area contributed by atoms with Gasteiger partial charge in [-0.2, -0.15) is 5.10 Å². The highest BCUT2D eigenvalue weighted by Crippen LogP contribution is 2.29. The van der Waals surface area contributed by atoms with Crippen LogP contribution >= 0.6 is 0 Å². The first-order chi connectivity index (χ1) is 12.8. The maximum Gasteiger partial charge on any atom is 0.272 e. The number of H-pyrrole nitrogens is 1. The number of rotatable bonds is 3. The predicted octanol–water partition coefficient (Wildman–Crippen LogP) is 2.19. The van der Waals surface area contributed by atoms with Gasteiger partial charge in [0.2, 0.25) is 0 Å². The highest BCUT2D eigenvalue weighted by Gasteiger charge is 2.35. The lowest BCUT2D eigenvalue weighted by Gasteiger charge is -2.44. The van der Waals surface area contributed by atoms with Crippen molar-refractivity contribution in [3.8, 4) is 0 Å². The number of nitrogens with zero attached hydrogens (tertiary/aromatic N) is 2. The van der Waals surface area contributed by atoms with E-state index in [1.807, 2.05) is 6.07 Å². The van der Waals surface area contributed by atoms with Crippen molar-refractivity contribution in [3.63, 3.8) is 0 Å². The Kier molecular flexibility index (Phi) is 4.02. The highest BCUT2D eigenvalue weighted by atomic mass is 16.5. The van der Waals surface area contributed by atoms with Crippen molar-refractivity contribution in [2.24, 2.45) is 5.92 Å². The van der Waals surface area contributed by atoms with Crippen LogP contribution in [0, 0.1) is 5.92 Å². The van der Waals surface area contributed by atoms with E-state index in [1.54, 1.807) is 0 Å². The van der Waals surface area contributed by atoms with E-state index in [1.165, 1.54) is 37.1 Å². The molecule has 6 nitrogen and oxygen atoms in total. The summed E-state index contributed by atoms with van der Waals surface area (Å²) in [7, 11) is 0. The van der Waals surface area contributed by atoms with Crippen LogP contribution < -0.4 is 5.32 Å². The first-order valence-electron chi connectivity index (χ1n) is 9.56. The van der Waals surface area contributed by atoms with Crippen molar-refractivity contribution in [1.82, 2.24) is 20.4 Å². The van der Waals surface area contributed by atoms with Gasteiger partial charge in [0, 0.05) is 18.0 Å². The standard InChI is InChI=1S/C20H24N4O2/c25-20(21-18-12-24-7-3-14(18)4-8-24)19-16-2-1-15(11-17(16)22-23-19)13-5-9-26-10-6-13/h1-2,5,11,14,18H,3-4,6-10,12H2,(H,21,25)(H,22,23)/t18-/m1/s1. The lowest BCUT2D eigenvalue weighted by Crippen LogP contribution is -2.57. The summed E-state index contributed by atoms with van der Waals surface area (Å²) in [4.78, 5) is 15.3. The molecule has 6 heteroatoms. The van der Waals surface area contributed by atoms with Crippen LogP contribution in [0.3, 0.4) is 0 Å². The lowest BCUT2D eigenvalue weighted by molar-refractivity contribution is 0.0618. The van der Waals surface area contributed by atoms with E-state index in [-0.39, 0.29) is 11.9 Å². The number of aromatic amines is 1. The normalized spacial score (nSPS) is 28.2. The van der Waals surface area contributed by atoms with E-state index in [2.05, 4.69) is 38.6 Å². The van der Waals surface area contributed by atoms with Gasteiger partial charge in [-0.3, -0.25) is 9.89 Å². The molecule has 6 rings (SSSR count). The third-order valence-electron chi connectivity index (χ3n) is 6.08. The van der Waals surface area contributed by atoms with Gasteiger partial charge in [-0.15, -0.1) is 0 Å². The van der Waals surface area contributed by atoms with Crippen LogP contribution in [0.2, 0.25) is 0 Å². The molecule has 2 bridgehead atoms. The second kappa shape index (κ2) is 6.52. The number of hydrogen-bond acceptors (Lipinski definition) is 4. The molecule has 5 heterocycles. The molecule has 2 N–H and O–H groups in total. The van der Waals surface area contributed by atoms with Crippen LogP contribution in [0.15, 0.2) is 24.3 Å². The lowest BCUT2D eigenvalue weighted by atomic mass is 9.84. The van der Waals surface area contributed by atoms with Gasteiger partial charge < -0.3 is 15.0 Å². The highest BCUT2D eigenvalue weighted by molar-refractivity contribution is 6.05. The molecule has 0 saturated carbocycles. The third kappa shape index (κ3) is 2.83. The molecule has 1 atom stereocenters. The minimum Gasteiger partial charge on any atom is -0.377 e. The molecule has 0 spiro atoms. The molecule has 1 aromatic heterocycles. The summed E-state index contributed by atoms with van der Waals surface area (Å²) in [5.74, 6) is 0.550. The summed E-state index contributed by atoms with van der Waals surface area (Å²) >= 11 is 0. The van der Waals surface area contributed by atoms with Crippen LogP contribution in [-0.2, 0) is 4.74 Å². The molecule has 1 aromatic carbocycles. The summed E-state index contributed by atoms with van der Waals surface area (Å²) in [6.45, 7) is 4.75. The van der Waals surface area contributed by atoms with E-state index < -0.39 is 0 Å². The Morgan fingerprint density at radius 2 is 2.19 bits per heavy atom. The molecule has 26 heavy (non-hydrogen) atoms. The number of carbonyl (C=O) groups excluding carboxylic acids is 1. The van der Waals surface area contributed by atoms with Crippen molar-refractivity contribution in [3.05, 3.63) is 35.5 Å². The number of carbonyl (C=O) groups is 1. The first-order valence-corrected chi connectivity index (χ1v) is 9.56. The summed E-state index contributed by atoms with van der Waals surface area (Å²) in [5.41, 5.74) is 3.89. The van der Waals surface area contributed by atoms with Gasteiger partial charge in [-0.25, -0.2) is 0 Å². The SMILES string of the molecule is O=C(N[C@@H]1CN2CCC1CC2)c1n[nH]c2cc(C3=CCOCC3)ccc12.